The second-order valence-electron chi connectivity index (χ2n) is 5.04. The number of sulfonamides is 1. The Balaban J connectivity index is 2.41. The maximum atomic E-state index is 12.3. The van der Waals surface area contributed by atoms with Crippen LogP contribution in [-0.2, 0) is 10.0 Å². The van der Waals surface area contributed by atoms with Crippen LogP contribution >= 0.6 is 11.3 Å². The van der Waals surface area contributed by atoms with Gasteiger partial charge in [-0.2, -0.15) is 0 Å². The van der Waals surface area contributed by atoms with Crippen molar-refractivity contribution in [2.24, 2.45) is 0 Å². The molecule has 0 atom stereocenters. The number of nitrogens with one attached hydrogen (secondary N) is 1. The monoisotopic (exact) mass is 354 g/mol. The third-order valence-corrected chi connectivity index (χ3v) is 6.09. The van der Waals surface area contributed by atoms with Crippen molar-refractivity contribution in [2.45, 2.75) is 11.8 Å². The minimum absolute atomic E-state index is 0.0847. The molecule has 2 aromatic rings. The van der Waals surface area contributed by atoms with E-state index < -0.39 is 10.0 Å². The fourth-order valence-corrected chi connectivity index (χ4v) is 3.69. The molecule has 0 unspecified atom stereocenters. The zero-order valence-electron chi connectivity index (χ0n) is 13.3. The Bertz CT molecular complexity index is 826. The number of ether oxygens (including phenoxy) is 1. The van der Waals surface area contributed by atoms with Crippen LogP contribution in [0.1, 0.15) is 15.2 Å². The predicted molar refractivity (Wildman–Crippen MR) is 90.9 cm³/mol. The molecule has 0 aliphatic heterocycles. The number of aryl methyl sites for hydroxylation is 1. The average molecular weight is 354 g/mol. The maximum Gasteiger partial charge on any atom is 0.266 e. The molecule has 2 rings (SSSR count). The van der Waals surface area contributed by atoms with Crippen LogP contribution in [0.3, 0.4) is 0 Å². The van der Waals surface area contributed by atoms with Gasteiger partial charge in [0.15, 0.2) is 0 Å². The van der Waals surface area contributed by atoms with Crippen molar-refractivity contribution in [1.29, 1.82) is 0 Å². The van der Waals surface area contributed by atoms with Gasteiger partial charge in [-0.1, -0.05) is 0 Å². The van der Waals surface area contributed by atoms with Gasteiger partial charge in [0.2, 0.25) is 10.0 Å². The highest BCUT2D eigenvalue weighted by Gasteiger charge is 2.20. The lowest BCUT2D eigenvalue weighted by Crippen LogP contribution is -2.22. The van der Waals surface area contributed by atoms with Gasteiger partial charge in [0, 0.05) is 14.1 Å². The van der Waals surface area contributed by atoms with Crippen LogP contribution in [0.25, 0.3) is 0 Å². The van der Waals surface area contributed by atoms with E-state index in [0.29, 0.717) is 16.3 Å². The van der Waals surface area contributed by atoms with Gasteiger partial charge in [-0.05, 0) is 42.1 Å². The Morgan fingerprint density at radius 3 is 2.48 bits per heavy atom. The van der Waals surface area contributed by atoms with Gasteiger partial charge in [0.1, 0.15) is 5.75 Å². The molecule has 124 valence electrons. The Kier molecular flexibility index (Phi) is 5.08. The minimum Gasteiger partial charge on any atom is -0.495 e. The van der Waals surface area contributed by atoms with Crippen LogP contribution in [0.4, 0.5) is 5.69 Å². The van der Waals surface area contributed by atoms with E-state index >= 15 is 0 Å². The number of hydrogen-bond acceptors (Lipinski definition) is 5. The molecule has 1 N–H and O–H groups in total. The molecule has 0 saturated heterocycles. The van der Waals surface area contributed by atoms with Gasteiger partial charge >= 0.3 is 0 Å². The molecule has 0 saturated carbocycles. The van der Waals surface area contributed by atoms with E-state index in [-0.39, 0.29) is 10.8 Å². The molecule has 0 bridgehead atoms. The highest BCUT2D eigenvalue weighted by Crippen LogP contribution is 2.29. The summed E-state index contributed by atoms with van der Waals surface area (Å²) in [4.78, 5) is 13.0. The zero-order chi connectivity index (χ0) is 17.2. The van der Waals surface area contributed by atoms with Gasteiger partial charge in [-0.3, -0.25) is 4.79 Å². The van der Waals surface area contributed by atoms with E-state index in [1.54, 1.807) is 0 Å². The summed E-state index contributed by atoms with van der Waals surface area (Å²) in [6.07, 6.45) is 0. The second-order valence-corrected chi connectivity index (χ2v) is 8.10. The standard InChI is InChI=1S/C15H18N2O4S2/c1-10-7-8-22-14(10)15(18)16-12-9-11(5-6-13(12)21-4)23(19,20)17(2)3/h5-9H,1-4H3,(H,16,18). The topological polar surface area (TPSA) is 75.7 Å². The van der Waals surface area contributed by atoms with Crippen molar-refractivity contribution in [3.8, 4) is 5.75 Å². The van der Waals surface area contributed by atoms with Gasteiger partial charge < -0.3 is 10.1 Å². The number of carbonyl (C=O) groups excluding carboxylic acids is 1. The SMILES string of the molecule is COc1ccc(S(=O)(=O)N(C)C)cc1NC(=O)c1sccc1C. The van der Waals surface area contributed by atoms with Crippen LogP contribution in [0.5, 0.6) is 5.75 Å². The first-order valence-corrected chi connectivity index (χ1v) is 9.05. The Labute approximate surface area is 139 Å². The van der Waals surface area contributed by atoms with E-state index in [9.17, 15) is 13.2 Å². The minimum atomic E-state index is -3.59. The highest BCUT2D eigenvalue weighted by atomic mass is 32.2. The number of nitrogens with zero attached hydrogens (tertiary/aromatic N) is 1. The zero-order valence-corrected chi connectivity index (χ0v) is 14.9. The number of methoxy groups -OCH3 is 1. The molecule has 0 fully saturated rings. The molecular formula is C15H18N2O4S2. The van der Waals surface area contributed by atoms with Crippen LogP contribution in [0.2, 0.25) is 0 Å². The molecule has 1 amide bonds. The number of hydrogen-bond donors (Lipinski definition) is 1. The van der Waals surface area contributed by atoms with E-state index in [2.05, 4.69) is 5.32 Å². The lowest BCUT2D eigenvalue weighted by atomic mass is 10.2. The van der Waals surface area contributed by atoms with E-state index in [1.165, 1.54) is 50.7 Å². The fourth-order valence-electron chi connectivity index (χ4n) is 1.94. The van der Waals surface area contributed by atoms with Crippen LogP contribution in [-0.4, -0.2) is 39.8 Å². The predicted octanol–water partition coefficient (Wildman–Crippen LogP) is 2.57. The van der Waals surface area contributed by atoms with E-state index in [4.69, 9.17) is 4.74 Å². The average Bonchev–Trinajstić information content (AvgIpc) is 2.93. The number of carbonyl (C=O) groups is 1. The second kappa shape index (κ2) is 6.69. The molecular weight excluding hydrogens is 336 g/mol. The Morgan fingerprint density at radius 1 is 1.26 bits per heavy atom. The molecule has 0 aliphatic carbocycles. The molecule has 1 heterocycles. The number of amides is 1. The molecule has 1 aromatic carbocycles. The number of benzene rings is 1. The van der Waals surface area contributed by atoms with Gasteiger partial charge in [-0.15, -0.1) is 11.3 Å². The number of rotatable bonds is 5. The van der Waals surface area contributed by atoms with Crippen molar-refractivity contribution in [3.05, 3.63) is 40.1 Å². The first-order chi connectivity index (χ1) is 10.8. The third kappa shape index (κ3) is 3.54. The summed E-state index contributed by atoms with van der Waals surface area (Å²) < 4.78 is 30.8. The summed E-state index contributed by atoms with van der Waals surface area (Å²) in [6, 6.07) is 6.21. The number of thiophene rings is 1. The molecule has 1 aromatic heterocycles. The molecule has 8 heteroatoms. The first kappa shape index (κ1) is 17.5. The maximum absolute atomic E-state index is 12.3. The summed E-state index contributed by atoms with van der Waals surface area (Å²) in [6.45, 7) is 1.84. The third-order valence-electron chi connectivity index (χ3n) is 3.27. The highest BCUT2D eigenvalue weighted by molar-refractivity contribution is 7.89. The van der Waals surface area contributed by atoms with Crippen molar-refractivity contribution >= 4 is 33.0 Å². The smallest absolute Gasteiger partial charge is 0.266 e. The van der Waals surface area contributed by atoms with Gasteiger partial charge in [0.05, 0.1) is 22.6 Å². The number of anilines is 1. The quantitative estimate of drug-likeness (QED) is 0.895. The molecule has 0 radical (unpaired) electrons. The van der Waals surface area contributed by atoms with Crippen molar-refractivity contribution < 1.29 is 17.9 Å². The molecule has 6 nitrogen and oxygen atoms in total. The molecule has 0 spiro atoms. The lowest BCUT2D eigenvalue weighted by Gasteiger charge is -2.15. The normalized spacial score (nSPS) is 11.5. The summed E-state index contributed by atoms with van der Waals surface area (Å²) in [5.74, 6) is 0.0977. The van der Waals surface area contributed by atoms with Crippen LogP contribution in [0, 0.1) is 6.92 Å². The van der Waals surface area contributed by atoms with E-state index in [1.807, 2.05) is 18.4 Å². The van der Waals surface area contributed by atoms with Crippen LogP contribution in [0.15, 0.2) is 34.5 Å². The van der Waals surface area contributed by atoms with Crippen molar-refractivity contribution in [3.63, 3.8) is 0 Å². The largest absolute Gasteiger partial charge is 0.495 e. The molecule has 23 heavy (non-hydrogen) atoms. The lowest BCUT2D eigenvalue weighted by molar-refractivity contribution is 0.102. The summed E-state index contributed by atoms with van der Waals surface area (Å²) in [5.41, 5.74) is 1.18. The summed E-state index contributed by atoms with van der Waals surface area (Å²) in [7, 11) is 0.769. The van der Waals surface area contributed by atoms with E-state index in [0.717, 1.165) is 9.87 Å². The van der Waals surface area contributed by atoms with Gasteiger partial charge in [-0.25, -0.2) is 12.7 Å². The molecule has 0 aliphatic rings. The Hall–Kier alpha value is -1.90. The van der Waals surface area contributed by atoms with Crippen molar-refractivity contribution in [2.75, 3.05) is 26.5 Å². The van der Waals surface area contributed by atoms with Crippen molar-refractivity contribution in [1.82, 2.24) is 4.31 Å². The summed E-state index contributed by atoms with van der Waals surface area (Å²) in [5, 5.41) is 4.55. The first-order valence-electron chi connectivity index (χ1n) is 6.73. The Morgan fingerprint density at radius 2 is 1.96 bits per heavy atom. The van der Waals surface area contributed by atoms with Crippen LogP contribution < -0.4 is 10.1 Å². The summed E-state index contributed by atoms with van der Waals surface area (Å²) >= 11 is 1.33. The van der Waals surface area contributed by atoms with Gasteiger partial charge in [0.25, 0.3) is 5.91 Å². The fraction of sp³-hybridized carbons (Fsp3) is 0.267.